The highest BCUT2D eigenvalue weighted by Crippen LogP contribution is 2.36. The van der Waals surface area contributed by atoms with E-state index in [2.05, 4.69) is 20.2 Å². The first-order valence-electron chi connectivity index (χ1n) is 6.34. The largest absolute Gasteiger partial charge is 0.304 e. The van der Waals surface area contributed by atoms with Crippen LogP contribution in [0.25, 0.3) is 11.5 Å². The zero-order chi connectivity index (χ0) is 16.4. The van der Waals surface area contributed by atoms with Crippen LogP contribution in [0.1, 0.15) is 0 Å². The molecule has 0 bridgehead atoms. The van der Waals surface area contributed by atoms with Crippen LogP contribution < -0.4 is 0 Å². The van der Waals surface area contributed by atoms with Crippen molar-refractivity contribution in [3.63, 3.8) is 0 Å². The predicted octanol–water partition coefficient (Wildman–Crippen LogP) is 2.98. The molecule has 10 heteroatoms. The minimum atomic E-state index is -0.478. The lowest BCUT2D eigenvalue weighted by Crippen LogP contribution is -1.97. The molecule has 0 radical (unpaired) electrons. The summed E-state index contributed by atoms with van der Waals surface area (Å²) in [6.07, 6.45) is 4.69. The smallest absolute Gasteiger partial charge is 0.284 e. The summed E-state index contributed by atoms with van der Waals surface area (Å²) in [7, 11) is 1.76. The SMILES string of the molecule is Cn1c(Sc2ccc(Cl)cc2[N+](=O)[O-])nnc1-c1cnccn1. The molecule has 0 amide bonds. The summed E-state index contributed by atoms with van der Waals surface area (Å²) in [5.41, 5.74) is 0.492. The number of nitro benzene ring substituents is 1. The Morgan fingerprint density at radius 2 is 2.13 bits per heavy atom. The van der Waals surface area contributed by atoms with Gasteiger partial charge >= 0.3 is 0 Å². The van der Waals surface area contributed by atoms with Crippen LogP contribution in [0.15, 0.2) is 46.8 Å². The van der Waals surface area contributed by atoms with Crippen LogP contribution >= 0.6 is 23.4 Å². The molecule has 0 spiro atoms. The fraction of sp³-hybridized carbons (Fsp3) is 0.0769. The Hall–Kier alpha value is -2.52. The lowest BCUT2D eigenvalue weighted by atomic mass is 10.3. The van der Waals surface area contributed by atoms with Gasteiger partial charge in [-0.05, 0) is 23.9 Å². The van der Waals surface area contributed by atoms with E-state index in [0.717, 1.165) is 11.8 Å². The van der Waals surface area contributed by atoms with Crippen LogP contribution in [0.2, 0.25) is 5.02 Å². The summed E-state index contributed by atoms with van der Waals surface area (Å²) in [5.74, 6) is 0.525. The van der Waals surface area contributed by atoms with E-state index in [1.165, 1.54) is 6.07 Å². The molecule has 2 heterocycles. The predicted molar refractivity (Wildman–Crippen MR) is 84.3 cm³/mol. The standard InChI is InChI=1S/C13H9ClN6O2S/c1-19-12(9-7-15-4-5-16-9)17-18-13(19)23-11-3-2-8(14)6-10(11)20(21)22/h2-7H,1H3. The van der Waals surface area contributed by atoms with Crippen molar-refractivity contribution in [2.75, 3.05) is 0 Å². The van der Waals surface area contributed by atoms with E-state index in [-0.39, 0.29) is 5.69 Å². The van der Waals surface area contributed by atoms with Gasteiger partial charge in [0.2, 0.25) is 0 Å². The summed E-state index contributed by atoms with van der Waals surface area (Å²) in [5, 5.41) is 20.1. The van der Waals surface area contributed by atoms with Gasteiger partial charge in [-0.1, -0.05) is 11.6 Å². The Bertz CT molecular complexity index is 870. The van der Waals surface area contributed by atoms with Crippen molar-refractivity contribution >= 4 is 29.1 Å². The van der Waals surface area contributed by atoms with Crippen molar-refractivity contribution in [3.05, 3.63) is 51.9 Å². The molecule has 0 atom stereocenters. The summed E-state index contributed by atoms with van der Waals surface area (Å²) in [6, 6.07) is 4.49. The Kier molecular flexibility index (Phi) is 4.22. The fourth-order valence-corrected chi connectivity index (χ4v) is 2.90. The molecule has 0 fully saturated rings. The molecule has 116 valence electrons. The topological polar surface area (TPSA) is 99.6 Å². The van der Waals surface area contributed by atoms with Crippen LogP contribution in [-0.4, -0.2) is 29.7 Å². The molecule has 0 aliphatic rings. The van der Waals surface area contributed by atoms with E-state index in [1.807, 2.05) is 0 Å². The third kappa shape index (κ3) is 3.15. The number of hydrogen-bond acceptors (Lipinski definition) is 7. The molecule has 23 heavy (non-hydrogen) atoms. The van der Waals surface area contributed by atoms with Gasteiger partial charge in [-0.15, -0.1) is 10.2 Å². The Morgan fingerprint density at radius 3 is 2.83 bits per heavy atom. The molecule has 0 saturated heterocycles. The molecule has 2 aromatic heterocycles. The first kappa shape index (κ1) is 15.4. The second-order valence-electron chi connectivity index (χ2n) is 4.43. The number of nitro groups is 1. The van der Waals surface area contributed by atoms with E-state index in [0.29, 0.717) is 26.6 Å². The molecule has 0 saturated carbocycles. The third-order valence-electron chi connectivity index (χ3n) is 2.95. The number of hydrogen-bond donors (Lipinski definition) is 0. The molecule has 3 rings (SSSR count). The third-order valence-corrected chi connectivity index (χ3v) is 4.28. The number of benzene rings is 1. The lowest BCUT2D eigenvalue weighted by Gasteiger charge is -2.04. The summed E-state index contributed by atoms with van der Waals surface area (Å²) >= 11 is 6.95. The van der Waals surface area contributed by atoms with Crippen LogP contribution in [0.4, 0.5) is 5.69 Å². The maximum Gasteiger partial charge on any atom is 0.284 e. The van der Waals surface area contributed by atoms with Crippen molar-refractivity contribution in [3.8, 4) is 11.5 Å². The zero-order valence-electron chi connectivity index (χ0n) is 11.8. The fourth-order valence-electron chi connectivity index (χ4n) is 1.86. The highest BCUT2D eigenvalue weighted by atomic mass is 35.5. The van der Waals surface area contributed by atoms with Gasteiger partial charge in [0.25, 0.3) is 5.69 Å². The van der Waals surface area contributed by atoms with Gasteiger partial charge in [-0.3, -0.25) is 15.1 Å². The average molecular weight is 349 g/mol. The molecular weight excluding hydrogens is 340 g/mol. The van der Waals surface area contributed by atoms with Gasteiger partial charge < -0.3 is 4.57 Å². The van der Waals surface area contributed by atoms with Gasteiger partial charge in [-0.2, -0.15) is 0 Å². The van der Waals surface area contributed by atoms with E-state index < -0.39 is 4.92 Å². The molecule has 0 aliphatic carbocycles. The van der Waals surface area contributed by atoms with Crippen LogP contribution in [-0.2, 0) is 7.05 Å². The quantitative estimate of drug-likeness (QED) is 0.527. The molecule has 1 aromatic carbocycles. The van der Waals surface area contributed by atoms with Crippen LogP contribution in [0.3, 0.4) is 0 Å². The van der Waals surface area contributed by atoms with Gasteiger partial charge in [0.15, 0.2) is 11.0 Å². The second kappa shape index (κ2) is 6.31. The number of rotatable bonds is 4. The minimum Gasteiger partial charge on any atom is -0.304 e. The van der Waals surface area contributed by atoms with Crippen molar-refractivity contribution in [2.45, 2.75) is 10.1 Å². The summed E-state index contributed by atoms with van der Waals surface area (Å²) in [6.45, 7) is 0. The van der Waals surface area contributed by atoms with Gasteiger partial charge in [0.1, 0.15) is 5.69 Å². The molecule has 3 aromatic rings. The molecule has 0 unspecified atom stereocenters. The van der Waals surface area contributed by atoms with E-state index in [1.54, 1.807) is 42.3 Å². The van der Waals surface area contributed by atoms with E-state index >= 15 is 0 Å². The summed E-state index contributed by atoms with van der Waals surface area (Å²) < 4.78 is 1.70. The molecule has 0 aliphatic heterocycles. The molecule has 8 nitrogen and oxygen atoms in total. The monoisotopic (exact) mass is 348 g/mol. The number of halogens is 1. The maximum absolute atomic E-state index is 11.1. The highest BCUT2D eigenvalue weighted by molar-refractivity contribution is 7.99. The first-order chi connectivity index (χ1) is 11.1. The Labute approximate surface area is 139 Å². The minimum absolute atomic E-state index is 0.0773. The number of nitrogens with zero attached hydrogens (tertiary/aromatic N) is 6. The van der Waals surface area contributed by atoms with E-state index in [4.69, 9.17) is 11.6 Å². The summed E-state index contributed by atoms with van der Waals surface area (Å²) in [4.78, 5) is 19.3. The van der Waals surface area contributed by atoms with Crippen LogP contribution in [0.5, 0.6) is 0 Å². The highest BCUT2D eigenvalue weighted by Gasteiger charge is 2.19. The van der Waals surface area contributed by atoms with Crippen molar-refractivity contribution < 1.29 is 4.92 Å². The lowest BCUT2D eigenvalue weighted by molar-refractivity contribution is -0.387. The van der Waals surface area contributed by atoms with Gasteiger partial charge in [0, 0.05) is 30.5 Å². The normalized spacial score (nSPS) is 10.7. The van der Waals surface area contributed by atoms with Crippen molar-refractivity contribution in [1.82, 2.24) is 24.7 Å². The zero-order valence-corrected chi connectivity index (χ0v) is 13.3. The van der Waals surface area contributed by atoms with Gasteiger partial charge in [0.05, 0.1) is 16.0 Å². The van der Waals surface area contributed by atoms with E-state index in [9.17, 15) is 10.1 Å². The van der Waals surface area contributed by atoms with Crippen LogP contribution in [0, 0.1) is 10.1 Å². The van der Waals surface area contributed by atoms with Gasteiger partial charge in [-0.25, -0.2) is 4.98 Å². The second-order valence-corrected chi connectivity index (χ2v) is 5.87. The first-order valence-corrected chi connectivity index (χ1v) is 7.53. The average Bonchev–Trinajstić information content (AvgIpc) is 2.91. The molecular formula is C13H9ClN6O2S. The Morgan fingerprint density at radius 1 is 1.30 bits per heavy atom. The molecule has 0 N–H and O–H groups in total. The maximum atomic E-state index is 11.1. The van der Waals surface area contributed by atoms with Crippen molar-refractivity contribution in [1.29, 1.82) is 0 Å². The number of aromatic nitrogens is 5. The van der Waals surface area contributed by atoms with Crippen molar-refractivity contribution in [2.24, 2.45) is 7.05 Å². The Balaban J connectivity index is 1.96.